The molecule has 1 N–H and O–H groups in total. The maximum atomic E-state index is 12.3. The summed E-state index contributed by atoms with van der Waals surface area (Å²) in [4.78, 5) is 27.3. The van der Waals surface area contributed by atoms with Gasteiger partial charge in [0.25, 0.3) is 0 Å². The van der Waals surface area contributed by atoms with Crippen LogP contribution in [0, 0.1) is 0 Å². The summed E-state index contributed by atoms with van der Waals surface area (Å²) in [6.45, 7) is 1.73. The molecule has 2 aromatic carbocycles. The largest absolute Gasteiger partial charge is 0.453 e. The number of rotatable bonds is 3. The van der Waals surface area contributed by atoms with Crippen LogP contribution in [0.1, 0.15) is 29.1 Å². The van der Waals surface area contributed by atoms with Gasteiger partial charge in [0.15, 0.2) is 5.43 Å². The van der Waals surface area contributed by atoms with Crippen LogP contribution < -0.4 is 5.43 Å². The minimum absolute atomic E-state index is 0.118. The zero-order chi connectivity index (χ0) is 16.4. The van der Waals surface area contributed by atoms with E-state index in [0.29, 0.717) is 21.5 Å². The van der Waals surface area contributed by atoms with Crippen molar-refractivity contribution in [2.24, 2.45) is 0 Å². The summed E-state index contributed by atoms with van der Waals surface area (Å²) in [5.41, 5.74) is 1.20. The maximum Gasteiger partial charge on any atom is 0.355 e. The highest BCUT2D eigenvalue weighted by Gasteiger charge is 2.17. The number of esters is 1. The average molecular weight is 328 g/mol. The van der Waals surface area contributed by atoms with E-state index < -0.39 is 12.1 Å². The zero-order valence-electron chi connectivity index (χ0n) is 12.4. The van der Waals surface area contributed by atoms with E-state index in [4.69, 9.17) is 16.3 Å². The number of para-hydroxylation sites is 1. The average Bonchev–Trinajstić information content (AvgIpc) is 2.55. The minimum atomic E-state index is -0.597. The number of carbonyl (C=O) groups excluding carboxylic acids is 1. The molecule has 1 aromatic heterocycles. The lowest BCUT2D eigenvalue weighted by Crippen LogP contribution is -2.14. The van der Waals surface area contributed by atoms with Crippen molar-refractivity contribution in [3.63, 3.8) is 0 Å². The predicted molar refractivity (Wildman–Crippen MR) is 89.9 cm³/mol. The van der Waals surface area contributed by atoms with Crippen LogP contribution in [0.25, 0.3) is 10.9 Å². The van der Waals surface area contributed by atoms with Crippen LogP contribution in [0.4, 0.5) is 0 Å². The molecule has 0 aliphatic carbocycles. The van der Waals surface area contributed by atoms with Gasteiger partial charge in [-0.1, -0.05) is 41.9 Å². The standard InChI is InChI=1S/C18H14ClNO3/c1-11(12-6-2-4-8-14(12)19)23-18(22)16-10-17(21)13-7-3-5-9-15(13)20-16/h2-11H,1H3,(H,20,21)/t11-/m0/s1. The van der Waals surface area contributed by atoms with Gasteiger partial charge in [-0.2, -0.15) is 0 Å². The van der Waals surface area contributed by atoms with Gasteiger partial charge >= 0.3 is 5.97 Å². The second kappa shape index (κ2) is 6.26. The summed E-state index contributed by atoms with van der Waals surface area (Å²) in [7, 11) is 0. The molecule has 0 aliphatic rings. The number of aromatic amines is 1. The van der Waals surface area contributed by atoms with Crippen molar-refractivity contribution < 1.29 is 9.53 Å². The fourth-order valence-electron chi connectivity index (χ4n) is 2.40. The first-order valence-corrected chi connectivity index (χ1v) is 7.51. The number of aromatic nitrogens is 1. The van der Waals surface area contributed by atoms with E-state index >= 15 is 0 Å². The quantitative estimate of drug-likeness (QED) is 0.737. The van der Waals surface area contributed by atoms with Crippen molar-refractivity contribution in [1.29, 1.82) is 0 Å². The number of hydrogen-bond acceptors (Lipinski definition) is 3. The Morgan fingerprint density at radius 1 is 1.13 bits per heavy atom. The highest BCUT2D eigenvalue weighted by molar-refractivity contribution is 6.31. The van der Waals surface area contributed by atoms with E-state index in [9.17, 15) is 9.59 Å². The smallest absolute Gasteiger partial charge is 0.355 e. The monoisotopic (exact) mass is 327 g/mol. The number of carbonyl (C=O) groups is 1. The number of benzene rings is 2. The summed E-state index contributed by atoms with van der Waals surface area (Å²) < 4.78 is 5.41. The van der Waals surface area contributed by atoms with Crippen molar-refractivity contribution in [3.8, 4) is 0 Å². The fraction of sp³-hybridized carbons (Fsp3) is 0.111. The topological polar surface area (TPSA) is 59.2 Å². The molecule has 116 valence electrons. The van der Waals surface area contributed by atoms with Gasteiger partial charge in [0.2, 0.25) is 0 Å². The number of pyridine rings is 1. The van der Waals surface area contributed by atoms with E-state index in [1.54, 1.807) is 49.4 Å². The van der Waals surface area contributed by atoms with Crippen LogP contribution in [-0.4, -0.2) is 11.0 Å². The molecule has 1 heterocycles. The van der Waals surface area contributed by atoms with Crippen molar-refractivity contribution in [1.82, 2.24) is 4.98 Å². The van der Waals surface area contributed by atoms with Crippen molar-refractivity contribution >= 4 is 28.5 Å². The van der Waals surface area contributed by atoms with Crippen LogP contribution >= 0.6 is 11.6 Å². The Labute approximate surface area is 137 Å². The number of halogens is 1. The molecule has 0 bridgehead atoms. The Morgan fingerprint density at radius 3 is 2.61 bits per heavy atom. The summed E-state index contributed by atoms with van der Waals surface area (Å²) in [6, 6.07) is 15.4. The number of hydrogen-bond donors (Lipinski definition) is 1. The van der Waals surface area contributed by atoms with Gasteiger partial charge in [-0.3, -0.25) is 4.79 Å². The summed E-state index contributed by atoms with van der Waals surface area (Å²) >= 11 is 6.10. The molecule has 0 saturated carbocycles. The minimum Gasteiger partial charge on any atom is -0.453 e. The lowest BCUT2D eigenvalue weighted by molar-refractivity contribution is 0.0331. The molecule has 0 unspecified atom stereocenters. The second-order valence-electron chi connectivity index (χ2n) is 5.16. The molecule has 3 aromatic rings. The Balaban J connectivity index is 1.89. The molecule has 0 aliphatic heterocycles. The normalized spacial score (nSPS) is 12.1. The van der Waals surface area contributed by atoms with E-state index in [1.165, 1.54) is 6.07 Å². The van der Waals surface area contributed by atoms with E-state index in [0.717, 1.165) is 0 Å². The van der Waals surface area contributed by atoms with Crippen molar-refractivity contribution in [3.05, 3.63) is 81.1 Å². The molecule has 0 saturated heterocycles. The van der Waals surface area contributed by atoms with Crippen LogP contribution in [0.5, 0.6) is 0 Å². The van der Waals surface area contributed by atoms with E-state index in [-0.39, 0.29) is 11.1 Å². The summed E-state index contributed by atoms with van der Waals surface area (Å²) in [5, 5.41) is 1.06. The van der Waals surface area contributed by atoms with Gasteiger partial charge in [-0.15, -0.1) is 0 Å². The third-order valence-electron chi connectivity index (χ3n) is 3.58. The number of fused-ring (bicyclic) bond motifs is 1. The maximum absolute atomic E-state index is 12.3. The molecule has 0 amide bonds. The highest BCUT2D eigenvalue weighted by Crippen LogP contribution is 2.25. The molecular formula is C18H14ClNO3. The first-order valence-electron chi connectivity index (χ1n) is 7.14. The van der Waals surface area contributed by atoms with E-state index in [2.05, 4.69) is 4.98 Å². The Hall–Kier alpha value is -2.59. The number of ether oxygens (including phenoxy) is 1. The predicted octanol–water partition coefficient (Wildman–Crippen LogP) is 4.10. The molecular weight excluding hydrogens is 314 g/mol. The zero-order valence-corrected chi connectivity index (χ0v) is 13.1. The van der Waals surface area contributed by atoms with E-state index in [1.807, 2.05) is 6.07 Å². The van der Waals surface area contributed by atoms with Gasteiger partial charge in [0.1, 0.15) is 11.8 Å². The van der Waals surface area contributed by atoms with Gasteiger partial charge in [0, 0.05) is 27.6 Å². The van der Waals surface area contributed by atoms with Crippen molar-refractivity contribution in [2.45, 2.75) is 13.0 Å². The molecule has 0 spiro atoms. The molecule has 5 heteroatoms. The number of H-pyrrole nitrogens is 1. The highest BCUT2D eigenvalue weighted by atomic mass is 35.5. The molecule has 0 radical (unpaired) electrons. The van der Waals surface area contributed by atoms with Crippen LogP contribution in [-0.2, 0) is 4.74 Å². The molecule has 3 rings (SSSR count). The summed E-state index contributed by atoms with van der Waals surface area (Å²) in [6.07, 6.45) is -0.522. The first-order chi connectivity index (χ1) is 11.1. The van der Waals surface area contributed by atoms with Crippen LogP contribution in [0.2, 0.25) is 5.02 Å². The number of nitrogens with one attached hydrogen (secondary N) is 1. The Morgan fingerprint density at radius 2 is 1.83 bits per heavy atom. The van der Waals surface area contributed by atoms with Gasteiger partial charge < -0.3 is 9.72 Å². The fourth-order valence-corrected chi connectivity index (χ4v) is 2.69. The lowest BCUT2D eigenvalue weighted by Gasteiger charge is -2.15. The van der Waals surface area contributed by atoms with Crippen LogP contribution in [0.15, 0.2) is 59.4 Å². The first kappa shape index (κ1) is 15.3. The lowest BCUT2D eigenvalue weighted by atomic mass is 10.1. The van der Waals surface area contributed by atoms with Crippen molar-refractivity contribution in [2.75, 3.05) is 0 Å². The third-order valence-corrected chi connectivity index (χ3v) is 3.93. The SMILES string of the molecule is C[C@H](OC(=O)c1cc(=O)c2ccccc2[nH]1)c1ccccc1Cl. The van der Waals surface area contributed by atoms with Gasteiger partial charge in [-0.25, -0.2) is 4.79 Å². The van der Waals surface area contributed by atoms with Gasteiger partial charge in [0.05, 0.1) is 0 Å². The Bertz CT molecular complexity index is 933. The van der Waals surface area contributed by atoms with Gasteiger partial charge in [-0.05, 0) is 25.1 Å². The second-order valence-corrected chi connectivity index (χ2v) is 5.57. The molecule has 0 fully saturated rings. The summed E-state index contributed by atoms with van der Waals surface area (Å²) in [5.74, 6) is -0.597. The Kier molecular flexibility index (Phi) is 4.17. The third kappa shape index (κ3) is 3.12. The molecule has 23 heavy (non-hydrogen) atoms. The van der Waals surface area contributed by atoms with Crippen LogP contribution in [0.3, 0.4) is 0 Å². The molecule has 4 nitrogen and oxygen atoms in total. The molecule has 1 atom stereocenters.